The number of carbonyl (C=O) groups is 1. The molecule has 1 fully saturated rings. The molecule has 1 aliphatic rings. The molecule has 2 rings (SSSR count). The van der Waals surface area contributed by atoms with Gasteiger partial charge in [0.05, 0.1) is 0 Å². The molecule has 0 aromatic heterocycles. The molecule has 0 heterocycles. The van der Waals surface area contributed by atoms with E-state index in [1.165, 1.54) is 5.56 Å². The van der Waals surface area contributed by atoms with Crippen LogP contribution in [-0.4, -0.2) is 19.0 Å². The van der Waals surface area contributed by atoms with Crippen molar-refractivity contribution >= 4 is 5.91 Å². The summed E-state index contributed by atoms with van der Waals surface area (Å²) in [4.78, 5) is 12.1. The lowest BCUT2D eigenvalue weighted by Crippen LogP contribution is -2.35. The van der Waals surface area contributed by atoms with Gasteiger partial charge in [0.25, 0.3) is 0 Å². The molecule has 1 amide bonds. The normalized spacial score (nSPS) is 22.4. The van der Waals surface area contributed by atoms with Gasteiger partial charge in [0.2, 0.25) is 5.91 Å². The molecular formula is C16H24N2O. The van der Waals surface area contributed by atoms with Crippen LogP contribution in [0.1, 0.15) is 31.2 Å². The Labute approximate surface area is 115 Å². The number of rotatable bonds is 6. The van der Waals surface area contributed by atoms with Gasteiger partial charge >= 0.3 is 0 Å². The molecule has 2 atom stereocenters. The molecule has 1 aliphatic carbocycles. The first kappa shape index (κ1) is 14.1. The molecule has 0 bridgehead atoms. The fraction of sp³-hybridized carbons (Fsp3) is 0.562. The lowest BCUT2D eigenvalue weighted by atomic mass is 9.95. The van der Waals surface area contributed by atoms with Gasteiger partial charge in [-0.1, -0.05) is 36.8 Å². The summed E-state index contributed by atoms with van der Waals surface area (Å²) in [5.74, 6) is 0.761. The molecule has 0 saturated heterocycles. The van der Waals surface area contributed by atoms with Crippen LogP contribution in [0.25, 0.3) is 0 Å². The van der Waals surface area contributed by atoms with E-state index in [2.05, 4.69) is 29.6 Å². The van der Waals surface area contributed by atoms with Gasteiger partial charge in [0.15, 0.2) is 0 Å². The molecule has 1 aromatic rings. The first-order valence-electron chi connectivity index (χ1n) is 7.33. The Hall–Kier alpha value is -1.35. The van der Waals surface area contributed by atoms with Crippen molar-refractivity contribution in [1.82, 2.24) is 5.32 Å². The van der Waals surface area contributed by atoms with Crippen LogP contribution in [0.2, 0.25) is 0 Å². The van der Waals surface area contributed by atoms with Gasteiger partial charge in [-0.2, -0.15) is 0 Å². The second-order valence-corrected chi connectivity index (χ2v) is 5.41. The van der Waals surface area contributed by atoms with Crippen molar-refractivity contribution in [2.24, 2.45) is 17.6 Å². The quantitative estimate of drug-likeness (QED) is 0.770. The van der Waals surface area contributed by atoms with Crippen LogP contribution in [-0.2, 0) is 11.2 Å². The Bertz CT molecular complexity index is 391. The van der Waals surface area contributed by atoms with Gasteiger partial charge < -0.3 is 11.1 Å². The fourth-order valence-corrected chi connectivity index (χ4v) is 2.94. The highest BCUT2D eigenvalue weighted by atomic mass is 16.1. The summed E-state index contributed by atoms with van der Waals surface area (Å²) < 4.78 is 0. The molecule has 0 aliphatic heterocycles. The Balaban J connectivity index is 1.67. The van der Waals surface area contributed by atoms with Gasteiger partial charge in [-0.05, 0) is 43.7 Å². The first-order chi connectivity index (χ1) is 9.31. The Kier molecular flexibility index (Phi) is 5.40. The van der Waals surface area contributed by atoms with E-state index >= 15 is 0 Å². The molecule has 3 heteroatoms. The van der Waals surface area contributed by atoms with Gasteiger partial charge in [-0.25, -0.2) is 0 Å². The zero-order valence-electron chi connectivity index (χ0n) is 11.5. The van der Waals surface area contributed by atoms with Crippen molar-refractivity contribution in [2.75, 3.05) is 13.1 Å². The van der Waals surface area contributed by atoms with E-state index in [1.54, 1.807) is 0 Å². The van der Waals surface area contributed by atoms with Gasteiger partial charge in [-0.15, -0.1) is 0 Å². The summed E-state index contributed by atoms with van der Waals surface area (Å²) in [5, 5.41) is 3.06. The Morgan fingerprint density at radius 2 is 2.05 bits per heavy atom. The highest BCUT2D eigenvalue weighted by Gasteiger charge is 2.31. The first-order valence-corrected chi connectivity index (χ1v) is 7.33. The molecule has 2 unspecified atom stereocenters. The molecule has 104 valence electrons. The predicted molar refractivity (Wildman–Crippen MR) is 77.7 cm³/mol. The van der Waals surface area contributed by atoms with Gasteiger partial charge in [-0.3, -0.25) is 4.79 Å². The number of hydrogen-bond donors (Lipinski definition) is 2. The summed E-state index contributed by atoms with van der Waals surface area (Å²) in [6, 6.07) is 10.4. The summed E-state index contributed by atoms with van der Waals surface area (Å²) in [6.07, 6.45) is 5.27. The monoisotopic (exact) mass is 260 g/mol. The minimum absolute atomic E-state index is 0.154. The number of nitrogens with one attached hydrogen (secondary N) is 1. The lowest BCUT2D eigenvalue weighted by molar-refractivity contribution is -0.125. The minimum atomic E-state index is 0.154. The van der Waals surface area contributed by atoms with Gasteiger partial charge in [0.1, 0.15) is 0 Å². The highest BCUT2D eigenvalue weighted by molar-refractivity contribution is 5.79. The van der Waals surface area contributed by atoms with Gasteiger partial charge in [0, 0.05) is 12.5 Å². The zero-order chi connectivity index (χ0) is 13.5. The number of hydrogen-bond acceptors (Lipinski definition) is 2. The third kappa shape index (κ3) is 4.06. The van der Waals surface area contributed by atoms with Crippen molar-refractivity contribution in [2.45, 2.75) is 32.1 Å². The maximum Gasteiger partial charge on any atom is 0.223 e. The molecule has 3 N–H and O–H groups in total. The van der Waals surface area contributed by atoms with Crippen molar-refractivity contribution in [3.63, 3.8) is 0 Å². The van der Waals surface area contributed by atoms with Crippen LogP contribution in [0.4, 0.5) is 0 Å². The van der Waals surface area contributed by atoms with Crippen LogP contribution in [0, 0.1) is 11.8 Å². The summed E-state index contributed by atoms with van der Waals surface area (Å²) in [7, 11) is 0. The smallest absolute Gasteiger partial charge is 0.223 e. The summed E-state index contributed by atoms with van der Waals surface area (Å²) in [5.41, 5.74) is 7.04. The fourth-order valence-electron chi connectivity index (χ4n) is 2.94. The average molecular weight is 260 g/mol. The largest absolute Gasteiger partial charge is 0.356 e. The molecule has 3 nitrogen and oxygen atoms in total. The van der Waals surface area contributed by atoms with E-state index < -0.39 is 0 Å². The number of carbonyl (C=O) groups excluding carboxylic acids is 1. The van der Waals surface area contributed by atoms with E-state index in [4.69, 9.17) is 5.73 Å². The zero-order valence-corrected chi connectivity index (χ0v) is 11.5. The van der Waals surface area contributed by atoms with Crippen molar-refractivity contribution in [3.8, 4) is 0 Å². The third-order valence-corrected chi connectivity index (χ3v) is 4.08. The third-order valence-electron chi connectivity index (χ3n) is 4.08. The molecule has 1 aromatic carbocycles. The minimum Gasteiger partial charge on any atom is -0.356 e. The second kappa shape index (κ2) is 7.29. The number of amides is 1. The van der Waals surface area contributed by atoms with Crippen LogP contribution in [0.15, 0.2) is 30.3 Å². The molecule has 19 heavy (non-hydrogen) atoms. The number of nitrogens with two attached hydrogens (primary N) is 1. The number of aryl methyl sites for hydroxylation is 1. The van der Waals surface area contributed by atoms with E-state index in [9.17, 15) is 4.79 Å². The summed E-state index contributed by atoms with van der Waals surface area (Å²) >= 11 is 0. The molecular weight excluding hydrogens is 236 g/mol. The molecule has 0 radical (unpaired) electrons. The van der Waals surface area contributed by atoms with Crippen LogP contribution >= 0.6 is 0 Å². The van der Waals surface area contributed by atoms with E-state index in [0.29, 0.717) is 12.5 Å². The van der Waals surface area contributed by atoms with Crippen LogP contribution in [0.5, 0.6) is 0 Å². The SMILES string of the molecule is NCC1CCCC1C(=O)NCCCc1ccccc1. The van der Waals surface area contributed by atoms with Crippen LogP contribution in [0.3, 0.4) is 0 Å². The van der Waals surface area contributed by atoms with Crippen molar-refractivity contribution < 1.29 is 4.79 Å². The average Bonchev–Trinajstić information content (AvgIpc) is 2.93. The highest BCUT2D eigenvalue weighted by Crippen LogP contribution is 2.30. The predicted octanol–water partition coefficient (Wildman–Crippen LogP) is 2.11. The Morgan fingerprint density at radius 3 is 2.79 bits per heavy atom. The second-order valence-electron chi connectivity index (χ2n) is 5.41. The van der Waals surface area contributed by atoms with E-state index in [1.807, 2.05) is 6.07 Å². The van der Waals surface area contributed by atoms with Crippen LogP contribution < -0.4 is 11.1 Å². The van der Waals surface area contributed by atoms with Crippen molar-refractivity contribution in [1.29, 1.82) is 0 Å². The molecule has 1 saturated carbocycles. The number of benzene rings is 1. The van der Waals surface area contributed by atoms with Crippen molar-refractivity contribution in [3.05, 3.63) is 35.9 Å². The molecule has 0 spiro atoms. The maximum absolute atomic E-state index is 12.1. The lowest BCUT2D eigenvalue weighted by Gasteiger charge is -2.17. The van der Waals surface area contributed by atoms with E-state index in [-0.39, 0.29) is 11.8 Å². The Morgan fingerprint density at radius 1 is 1.26 bits per heavy atom. The topological polar surface area (TPSA) is 55.1 Å². The van der Waals surface area contributed by atoms with E-state index in [0.717, 1.165) is 38.6 Å². The summed E-state index contributed by atoms with van der Waals surface area (Å²) in [6.45, 7) is 1.41. The maximum atomic E-state index is 12.1. The standard InChI is InChI=1S/C16H24N2O/c17-12-14-9-4-10-15(14)16(19)18-11-5-8-13-6-2-1-3-7-13/h1-3,6-7,14-15H,4-5,8-12,17H2,(H,18,19).